The van der Waals surface area contributed by atoms with Gasteiger partial charge < -0.3 is 9.47 Å². The molecular weight excluding hydrogens is 450 g/mol. The summed E-state index contributed by atoms with van der Waals surface area (Å²) in [5.41, 5.74) is 4.11. The molecule has 1 amide bonds. The highest BCUT2D eigenvalue weighted by molar-refractivity contribution is 8.27. The predicted octanol–water partition coefficient (Wildman–Crippen LogP) is 6.56. The molecule has 4 nitrogen and oxygen atoms in total. The summed E-state index contributed by atoms with van der Waals surface area (Å²) in [6, 6.07) is 23.4. The van der Waals surface area contributed by atoms with Crippen LogP contribution in [0.25, 0.3) is 6.08 Å². The molecule has 0 unspecified atom stereocenters. The molecule has 33 heavy (non-hydrogen) atoms. The van der Waals surface area contributed by atoms with Crippen molar-refractivity contribution in [2.24, 2.45) is 0 Å². The summed E-state index contributed by atoms with van der Waals surface area (Å²) >= 11 is 6.74. The molecule has 0 aromatic heterocycles. The molecule has 0 aliphatic carbocycles. The van der Waals surface area contributed by atoms with Gasteiger partial charge in [0.2, 0.25) is 0 Å². The summed E-state index contributed by atoms with van der Waals surface area (Å²) in [5, 5.41) is 0. The second-order valence-corrected chi connectivity index (χ2v) is 9.47. The number of hydrogen-bond donors (Lipinski definition) is 0. The van der Waals surface area contributed by atoms with Gasteiger partial charge in [-0.1, -0.05) is 60.4 Å². The third kappa shape index (κ3) is 6.03. The van der Waals surface area contributed by atoms with Gasteiger partial charge in [0, 0.05) is 6.42 Å². The van der Waals surface area contributed by atoms with E-state index in [9.17, 15) is 4.79 Å². The van der Waals surface area contributed by atoms with Crippen LogP contribution in [0.4, 0.5) is 5.69 Å². The molecular formula is C27H25NO3S2. The number of ether oxygens (including phenoxy) is 2. The highest BCUT2D eigenvalue weighted by Gasteiger charge is 2.33. The second kappa shape index (κ2) is 10.7. The molecule has 6 heteroatoms. The Bertz CT molecular complexity index is 1150. The van der Waals surface area contributed by atoms with Gasteiger partial charge >= 0.3 is 0 Å². The lowest BCUT2D eigenvalue weighted by molar-refractivity contribution is -0.113. The van der Waals surface area contributed by atoms with E-state index in [4.69, 9.17) is 21.7 Å². The Balaban J connectivity index is 1.28. The van der Waals surface area contributed by atoms with E-state index in [1.165, 1.54) is 22.9 Å². The summed E-state index contributed by atoms with van der Waals surface area (Å²) in [6.45, 7) is 5.30. The van der Waals surface area contributed by atoms with Crippen molar-refractivity contribution in [1.82, 2.24) is 0 Å². The number of rotatable bonds is 8. The molecule has 0 spiro atoms. The van der Waals surface area contributed by atoms with Crippen LogP contribution in [0.3, 0.4) is 0 Å². The van der Waals surface area contributed by atoms with Gasteiger partial charge in [0.05, 0.1) is 23.8 Å². The number of aryl methyl sites for hydroxylation is 2. The van der Waals surface area contributed by atoms with E-state index in [2.05, 4.69) is 19.9 Å². The molecule has 0 bridgehead atoms. The SMILES string of the molecule is Cc1cc(C)cc(OCCCOc2ccc(/C=C3/SC(=S)N(c4ccccc4)C3=O)cc2)c1. The van der Waals surface area contributed by atoms with E-state index in [1.807, 2.05) is 72.8 Å². The summed E-state index contributed by atoms with van der Waals surface area (Å²) < 4.78 is 12.2. The fourth-order valence-electron chi connectivity index (χ4n) is 3.53. The standard InChI is InChI=1S/C27H25NO3S2/c1-19-15-20(2)17-24(16-19)31-14-6-13-30-23-11-9-21(10-12-23)18-25-26(29)28(27(32)33-25)22-7-4-3-5-8-22/h3-5,7-12,15-18H,6,13-14H2,1-2H3/b25-18+. The Morgan fingerprint density at radius 2 is 1.52 bits per heavy atom. The van der Waals surface area contributed by atoms with Crippen molar-refractivity contribution in [2.45, 2.75) is 20.3 Å². The van der Waals surface area contributed by atoms with E-state index in [0.717, 1.165) is 29.2 Å². The van der Waals surface area contributed by atoms with Crippen LogP contribution < -0.4 is 14.4 Å². The van der Waals surface area contributed by atoms with Gasteiger partial charge in [0.25, 0.3) is 5.91 Å². The van der Waals surface area contributed by atoms with Gasteiger partial charge in [0.1, 0.15) is 11.5 Å². The van der Waals surface area contributed by atoms with Crippen LogP contribution in [-0.4, -0.2) is 23.4 Å². The van der Waals surface area contributed by atoms with E-state index in [0.29, 0.717) is 22.4 Å². The van der Waals surface area contributed by atoms with Crippen molar-refractivity contribution in [3.05, 3.63) is 94.4 Å². The maximum absolute atomic E-state index is 12.8. The molecule has 0 atom stereocenters. The molecule has 3 aromatic carbocycles. The summed E-state index contributed by atoms with van der Waals surface area (Å²) in [4.78, 5) is 15.0. The number of para-hydroxylation sites is 1. The smallest absolute Gasteiger partial charge is 0.270 e. The van der Waals surface area contributed by atoms with Crippen LogP contribution in [0.15, 0.2) is 77.7 Å². The molecule has 1 fully saturated rings. The number of amides is 1. The minimum atomic E-state index is -0.0969. The number of thioether (sulfide) groups is 1. The lowest BCUT2D eigenvalue weighted by Gasteiger charge is -2.13. The van der Waals surface area contributed by atoms with E-state index >= 15 is 0 Å². The number of anilines is 1. The highest BCUT2D eigenvalue weighted by atomic mass is 32.2. The number of thiocarbonyl (C=S) groups is 1. The largest absolute Gasteiger partial charge is 0.493 e. The number of nitrogens with zero attached hydrogens (tertiary/aromatic N) is 1. The second-order valence-electron chi connectivity index (χ2n) is 7.80. The van der Waals surface area contributed by atoms with Crippen LogP contribution in [0.1, 0.15) is 23.1 Å². The first kappa shape index (κ1) is 23.1. The van der Waals surface area contributed by atoms with Crippen LogP contribution >= 0.6 is 24.0 Å². The molecule has 3 aromatic rings. The molecule has 4 rings (SSSR count). The number of hydrogen-bond acceptors (Lipinski definition) is 5. The highest BCUT2D eigenvalue weighted by Crippen LogP contribution is 2.36. The number of carbonyl (C=O) groups is 1. The van der Waals surface area contributed by atoms with Crippen molar-refractivity contribution >= 4 is 46.0 Å². The van der Waals surface area contributed by atoms with Crippen LogP contribution in [0.5, 0.6) is 11.5 Å². The Morgan fingerprint density at radius 3 is 2.18 bits per heavy atom. The van der Waals surface area contributed by atoms with E-state index in [1.54, 1.807) is 4.90 Å². The van der Waals surface area contributed by atoms with Crippen molar-refractivity contribution in [3.63, 3.8) is 0 Å². The topological polar surface area (TPSA) is 38.8 Å². The quantitative estimate of drug-likeness (QED) is 0.210. The van der Waals surface area contributed by atoms with Crippen molar-refractivity contribution < 1.29 is 14.3 Å². The van der Waals surface area contributed by atoms with Gasteiger partial charge in [-0.3, -0.25) is 9.69 Å². The molecule has 0 N–H and O–H groups in total. The summed E-state index contributed by atoms with van der Waals surface area (Å²) in [6.07, 6.45) is 2.65. The Hall–Kier alpha value is -3.09. The van der Waals surface area contributed by atoms with Crippen molar-refractivity contribution in [3.8, 4) is 11.5 Å². The maximum Gasteiger partial charge on any atom is 0.270 e. The van der Waals surface area contributed by atoms with Gasteiger partial charge in [-0.25, -0.2) is 0 Å². The fourth-order valence-corrected chi connectivity index (χ4v) is 4.83. The molecule has 1 aliphatic heterocycles. The van der Waals surface area contributed by atoms with Crippen molar-refractivity contribution in [2.75, 3.05) is 18.1 Å². The summed E-state index contributed by atoms with van der Waals surface area (Å²) in [7, 11) is 0. The van der Waals surface area contributed by atoms with Crippen molar-refractivity contribution in [1.29, 1.82) is 0 Å². The minimum Gasteiger partial charge on any atom is -0.493 e. The molecule has 1 aliphatic rings. The Morgan fingerprint density at radius 1 is 0.879 bits per heavy atom. The average Bonchev–Trinajstić information content (AvgIpc) is 3.07. The van der Waals surface area contributed by atoms with E-state index < -0.39 is 0 Å². The molecule has 1 saturated heterocycles. The lowest BCUT2D eigenvalue weighted by Crippen LogP contribution is -2.27. The van der Waals surface area contributed by atoms with Gasteiger partial charge in [-0.15, -0.1) is 0 Å². The molecule has 0 radical (unpaired) electrons. The van der Waals surface area contributed by atoms with Crippen LogP contribution in [-0.2, 0) is 4.79 Å². The first-order chi connectivity index (χ1) is 16.0. The molecule has 1 heterocycles. The first-order valence-electron chi connectivity index (χ1n) is 10.8. The van der Waals surface area contributed by atoms with E-state index in [-0.39, 0.29) is 5.91 Å². The van der Waals surface area contributed by atoms with Gasteiger partial charge in [0.15, 0.2) is 4.32 Å². The zero-order valence-corrected chi connectivity index (χ0v) is 20.2. The zero-order chi connectivity index (χ0) is 23.2. The minimum absolute atomic E-state index is 0.0969. The van der Waals surface area contributed by atoms with Gasteiger partial charge in [-0.2, -0.15) is 0 Å². The fraction of sp³-hybridized carbons (Fsp3) is 0.185. The Labute approximate surface area is 204 Å². The molecule has 0 saturated carbocycles. The Kier molecular flexibility index (Phi) is 7.47. The third-order valence-corrected chi connectivity index (χ3v) is 6.31. The third-order valence-electron chi connectivity index (χ3n) is 5.01. The predicted molar refractivity (Wildman–Crippen MR) is 140 cm³/mol. The normalized spacial score (nSPS) is 14.7. The number of benzene rings is 3. The monoisotopic (exact) mass is 475 g/mol. The van der Waals surface area contributed by atoms with Crippen LogP contribution in [0, 0.1) is 13.8 Å². The maximum atomic E-state index is 12.8. The lowest BCUT2D eigenvalue weighted by atomic mass is 10.1. The molecule has 168 valence electrons. The zero-order valence-electron chi connectivity index (χ0n) is 18.6. The first-order valence-corrected chi connectivity index (χ1v) is 12.0. The van der Waals surface area contributed by atoms with Gasteiger partial charge in [-0.05, 0) is 73.0 Å². The summed E-state index contributed by atoms with van der Waals surface area (Å²) in [5.74, 6) is 1.59. The average molecular weight is 476 g/mol. The van der Waals surface area contributed by atoms with Crippen LogP contribution in [0.2, 0.25) is 0 Å². The number of carbonyl (C=O) groups excluding carboxylic acids is 1.